The summed E-state index contributed by atoms with van der Waals surface area (Å²) in [5.74, 6) is -15.6. The number of carboxylic acid groups (broad SMARTS) is 12. The molecule has 0 radical (unpaired) electrons. The van der Waals surface area contributed by atoms with E-state index in [4.69, 9.17) is 46.0 Å². The minimum atomic E-state index is -1.52. The molecule has 372 valence electrons. The van der Waals surface area contributed by atoms with Crippen molar-refractivity contribution in [3.8, 4) is 0 Å². The molecule has 75 heavy (non-hydrogen) atoms. The molecule has 6 rings (SSSR count). The van der Waals surface area contributed by atoms with E-state index >= 15 is 0 Å². The van der Waals surface area contributed by atoms with Crippen LogP contribution in [-0.4, -0.2) is 118 Å². The van der Waals surface area contributed by atoms with Gasteiger partial charge in [0.2, 0.25) is 0 Å². The first-order valence-corrected chi connectivity index (χ1v) is 19.0. The third kappa shape index (κ3) is 24.0. The average molecular weight is 1060 g/mol. The summed E-state index contributed by atoms with van der Waals surface area (Å²) >= 11 is 0. The van der Waals surface area contributed by atoms with Gasteiger partial charge in [0.25, 0.3) is 0 Å². The molecule has 0 aliphatic heterocycles. The molecule has 24 nitrogen and oxygen atoms in total. The van der Waals surface area contributed by atoms with Gasteiger partial charge >= 0.3 is 142 Å². The summed E-state index contributed by atoms with van der Waals surface area (Å²) in [7, 11) is 0. The molecule has 0 amide bonds. The molecule has 0 spiro atoms. The summed E-state index contributed by atoms with van der Waals surface area (Å²) in [4.78, 5) is 125. The average Bonchev–Trinajstić information content (AvgIpc) is 3.34. The van der Waals surface area contributed by atoms with Gasteiger partial charge in [0, 0.05) is 16.7 Å². The fraction of sp³-hybridized carbons (Fsp3) is 0. The van der Waals surface area contributed by atoms with Gasteiger partial charge in [0.1, 0.15) is 0 Å². The zero-order chi connectivity index (χ0) is 54.8. The van der Waals surface area contributed by atoms with Crippen LogP contribution in [0.4, 0.5) is 0 Å². The zero-order valence-electron chi connectivity index (χ0n) is 39.0. The van der Waals surface area contributed by atoms with Gasteiger partial charge in [-0.25, -0.2) is 43.2 Å². The molecular weight excluding hydrogens is 1030 g/mol. The van der Waals surface area contributed by atoms with E-state index < -0.39 is 71.6 Å². The van der Waals surface area contributed by atoms with E-state index in [0.29, 0.717) is 0 Å². The summed E-state index contributed by atoms with van der Waals surface area (Å²) < 4.78 is 0. The van der Waals surface area contributed by atoms with Crippen LogP contribution in [-0.2, 0) is 0 Å². The van der Waals surface area contributed by atoms with Gasteiger partial charge in [-0.05, 0) is 54.6 Å². The first-order valence-electron chi connectivity index (χ1n) is 19.0. The van der Waals surface area contributed by atoms with Gasteiger partial charge in [-0.1, -0.05) is 91.0 Å². The predicted octanol–water partition coefficient (Wildman–Crippen LogP) is -6.49. The van der Waals surface area contributed by atoms with Crippen molar-refractivity contribution in [2.45, 2.75) is 0 Å². The molecule has 6 aromatic rings. The molecular formula is C48H33Na3O24. The quantitative estimate of drug-likeness (QED) is 0.0515. The zero-order valence-corrected chi connectivity index (χ0v) is 45.0. The van der Waals surface area contributed by atoms with Gasteiger partial charge in [-0.3, -0.25) is 0 Å². The number of aromatic carboxylic acids is 12. The standard InChI is InChI=1S/6C8H6O4.3Na/c6*9-7(10)5-3-1-2-4-6(5)8(11)12;;;/h6*1-4H,(H,9,10)(H,11,12);;;/q;;;;;;3*+1/p-3. The van der Waals surface area contributed by atoms with Gasteiger partial charge in [0.15, 0.2) is 0 Å². The van der Waals surface area contributed by atoms with Gasteiger partial charge in [0.05, 0.1) is 68.0 Å². The molecule has 0 aromatic heterocycles. The third-order valence-electron chi connectivity index (χ3n) is 8.30. The minimum Gasteiger partial charge on any atom is -0.545 e. The number of benzene rings is 6. The molecule has 0 fully saturated rings. The maximum absolute atomic E-state index is 10.5. The van der Waals surface area contributed by atoms with E-state index in [1.807, 2.05) is 0 Å². The Hall–Kier alpha value is -8.04. The third-order valence-corrected chi connectivity index (χ3v) is 8.30. The van der Waals surface area contributed by atoms with Crippen LogP contribution in [0.25, 0.3) is 0 Å². The molecule has 27 heteroatoms. The Balaban J connectivity index is -0.000000823. The Labute approximate surface area is 487 Å². The summed E-state index contributed by atoms with van der Waals surface area (Å²) in [5, 5.41) is 108. The normalized spacial score (nSPS) is 8.96. The predicted molar refractivity (Wildman–Crippen MR) is 234 cm³/mol. The van der Waals surface area contributed by atoms with Crippen molar-refractivity contribution in [1.82, 2.24) is 0 Å². The number of carboxylic acids is 12. The molecule has 9 N–H and O–H groups in total. The molecule has 0 bridgehead atoms. The molecule has 0 atom stereocenters. The fourth-order valence-electron chi connectivity index (χ4n) is 5.11. The van der Waals surface area contributed by atoms with Crippen LogP contribution in [0.2, 0.25) is 0 Å². The second-order valence-electron chi connectivity index (χ2n) is 12.9. The summed E-state index contributed by atoms with van der Waals surface area (Å²) in [6, 6.07) is 32.3. The minimum absolute atomic E-state index is 0. The Kier molecular flexibility index (Phi) is 34.2. The Morgan fingerprint density at radius 2 is 0.280 bits per heavy atom. The second-order valence-corrected chi connectivity index (χ2v) is 12.9. The maximum Gasteiger partial charge on any atom is 1.00 e. The molecule has 6 aromatic carbocycles. The van der Waals surface area contributed by atoms with Crippen LogP contribution in [0.1, 0.15) is 124 Å². The molecule has 0 unspecified atom stereocenters. The smallest absolute Gasteiger partial charge is 0.545 e. The summed E-state index contributed by atoms with van der Waals surface area (Å²) in [6.07, 6.45) is 0. The fourth-order valence-corrected chi connectivity index (χ4v) is 5.11. The van der Waals surface area contributed by atoms with Crippen LogP contribution in [0.5, 0.6) is 0 Å². The number of rotatable bonds is 12. The first kappa shape index (κ1) is 71.2. The molecule has 0 heterocycles. The molecule has 0 aliphatic carbocycles. The van der Waals surface area contributed by atoms with E-state index in [-0.39, 0.29) is 155 Å². The second kappa shape index (κ2) is 36.0. The van der Waals surface area contributed by atoms with Crippen molar-refractivity contribution < 1.29 is 207 Å². The van der Waals surface area contributed by atoms with E-state index in [9.17, 15) is 72.9 Å². The number of carbonyl (C=O) groups is 12. The van der Waals surface area contributed by atoms with E-state index in [0.717, 1.165) is 12.1 Å². The van der Waals surface area contributed by atoms with E-state index in [1.165, 1.54) is 133 Å². The number of hydrogen-bond acceptors (Lipinski definition) is 15. The number of carbonyl (C=O) groups excluding carboxylic acids is 3. The van der Waals surface area contributed by atoms with Gasteiger partial charge in [-0.15, -0.1) is 0 Å². The summed E-state index contributed by atoms with van der Waals surface area (Å²) in [5.41, 5.74) is -2.80. The van der Waals surface area contributed by atoms with Crippen molar-refractivity contribution in [2.75, 3.05) is 0 Å². The van der Waals surface area contributed by atoms with Crippen LogP contribution in [0, 0.1) is 0 Å². The van der Waals surface area contributed by atoms with Crippen LogP contribution in [0.3, 0.4) is 0 Å². The number of hydrogen-bond donors (Lipinski definition) is 9. The topological polar surface area (TPSA) is 456 Å². The SMILES string of the molecule is O=C(O)c1ccccc1C(=O)O.O=C(O)c1ccccc1C(=O)O.O=C(O)c1ccccc1C(=O)O.O=C(O)c1ccccc1C(=O)O.O=C([O-])c1ccccc1C(=O)O.O=C([O-])c1ccccc1C(=O)[O-].[Na+].[Na+].[Na+]. The van der Waals surface area contributed by atoms with Crippen LogP contribution in [0.15, 0.2) is 146 Å². The van der Waals surface area contributed by atoms with Crippen LogP contribution < -0.4 is 104 Å². The monoisotopic (exact) mass is 1060 g/mol. The van der Waals surface area contributed by atoms with Crippen molar-refractivity contribution in [1.29, 1.82) is 0 Å². The molecule has 0 aliphatic rings. The maximum atomic E-state index is 10.5. The van der Waals surface area contributed by atoms with Crippen molar-refractivity contribution in [3.05, 3.63) is 212 Å². The first-order chi connectivity index (χ1) is 33.8. The largest absolute Gasteiger partial charge is 1.00 e. The van der Waals surface area contributed by atoms with Crippen LogP contribution >= 0.6 is 0 Å². The Morgan fingerprint density at radius 3 is 0.360 bits per heavy atom. The van der Waals surface area contributed by atoms with E-state index in [2.05, 4.69) is 0 Å². The van der Waals surface area contributed by atoms with Gasteiger partial charge in [-0.2, -0.15) is 0 Å². The van der Waals surface area contributed by atoms with E-state index in [1.54, 1.807) is 0 Å². The van der Waals surface area contributed by atoms with Crippen molar-refractivity contribution in [3.63, 3.8) is 0 Å². The van der Waals surface area contributed by atoms with Crippen molar-refractivity contribution >= 4 is 71.6 Å². The van der Waals surface area contributed by atoms with Crippen molar-refractivity contribution in [2.24, 2.45) is 0 Å². The van der Waals surface area contributed by atoms with Gasteiger partial charge < -0.3 is 75.7 Å². The molecule has 0 saturated heterocycles. The summed E-state index contributed by atoms with van der Waals surface area (Å²) in [6.45, 7) is 0. The Bertz CT molecular complexity index is 2320. The molecule has 0 saturated carbocycles. The Morgan fingerprint density at radius 1 is 0.200 bits per heavy atom.